The molecule has 0 aliphatic heterocycles. The highest BCUT2D eigenvalue weighted by atomic mass is 16.2. The third-order valence-electron chi connectivity index (χ3n) is 3.19. The summed E-state index contributed by atoms with van der Waals surface area (Å²) in [6, 6.07) is 10.3. The Morgan fingerprint density at radius 3 is 2.33 bits per heavy atom. The minimum Gasteiger partial charge on any atom is -0.326 e. The first-order valence-electron chi connectivity index (χ1n) is 7.30. The first kappa shape index (κ1) is 15.5. The van der Waals surface area contributed by atoms with Gasteiger partial charge in [-0.15, -0.1) is 0 Å². The van der Waals surface area contributed by atoms with Gasteiger partial charge in [0.25, 0.3) is 5.91 Å². The van der Waals surface area contributed by atoms with Crippen LogP contribution >= 0.6 is 0 Å². The van der Waals surface area contributed by atoms with Crippen molar-refractivity contribution in [1.29, 1.82) is 0 Å². The van der Waals surface area contributed by atoms with Gasteiger partial charge in [0.05, 0.1) is 0 Å². The number of carbonyl (C=O) groups excluding carboxylic acids is 2. The molecule has 24 heavy (non-hydrogen) atoms. The van der Waals surface area contributed by atoms with Gasteiger partial charge in [-0.3, -0.25) is 19.0 Å². The van der Waals surface area contributed by atoms with Crippen LogP contribution in [-0.2, 0) is 11.5 Å². The number of benzene rings is 1. The van der Waals surface area contributed by atoms with E-state index in [1.54, 1.807) is 52.1 Å². The summed E-state index contributed by atoms with van der Waals surface area (Å²) < 4.78 is 3.33. The highest BCUT2D eigenvalue weighted by Gasteiger charge is 2.10. The molecule has 3 aromatic rings. The SMILES string of the molecule is CC(=O)Nc1ccc(NC(=O)c2ccn(Cn3cccn3)n2)cc1. The van der Waals surface area contributed by atoms with Crippen LogP contribution in [0, 0.1) is 0 Å². The Morgan fingerprint density at radius 1 is 1.00 bits per heavy atom. The van der Waals surface area contributed by atoms with Gasteiger partial charge < -0.3 is 10.6 Å². The fourth-order valence-electron chi connectivity index (χ4n) is 2.13. The zero-order valence-electron chi connectivity index (χ0n) is 13.0. The largest absolute Gasteiger partial charge is 0.326 e. The Bertz CT molecular complexity index is 836. The van der Waals surface area contributed by atoms with E-state index in [0.29, 0.717) is 23.7 Å². The molecule has 122 valence electrons. The predicted octanol–water partition coefficient (Wildman–Crippen LogP) is 1.80. The number of nitrogens with one attached hydrogen (secondary N) is 2. The van der Waals surface area contributed by atoms with E-state index < -0.39 is 0 Å². The number of nitrogens with zero attached hydrogens (tertiary/aromatic N) is 4. The molecule has 0 fully saturated rings. The molecule has 2 amide bonds. The van der Waals surface area contributed by atoms with Crippen molar-refractivity contribution in [1.82, 2.24) is 19.6 Å². The summed E-state index contributed by atoms with van der Waals surface area (Å²) in [6.07, 6.45) is 5.22. The van der Waals surface area contributed by atoms with Crippen LogP contribution in [0.2, 0.25) is 0 Å². The number of rotatable bonds is 5. The Kier molecular flexibility index (Phi) is 4.37. The van der Waals surface area contributed by atoms with E-state index >= 15 is 0 Å². The molecule has 0 atom stereocenters. The summed E-state index contributed by atoms with van der Waals surface area (Å²) in [4.78, 5) is 23.2. The highest BCUT2D eigenvalue weighted by molar-refractivity contribution is 6.02. The molecule has 0 saturated heterocycles. The van der Waals surface area contributed by atoms with E-state index in [9.17, 15) is 9.59 Å². The fourth-order valence-corrected chi connectivity index (χ4v) is 2.13. The van der Waals surface area contributed by atoms with E-state index in [-0.39, 0.29) is 11.8 Å². The molecule has 0 bridgehead atoms. The van der Waals surface area contributed by atoms with Gasteiger partial charge in [0, 0.05) is 36.9 Å². The van der Waals surface area contributed by atoms with Gasteiger partial charge in [-0.25, -0.2) is 0 Å². The third-order valence-corrected chi connectivity index (χ3v) is 3.19. The van der Waals surface area contributed by atoms with Crippen molar-refractivity contribution < 1.29 is 9.59 Å². The van der Waals surface area contributed by atoms with Crippen molar-refractivity contribution in [2.75, 3.05) is 10.6 Å². The summed E-state index contributed by atoms with van der Waals surface area (Å²) in [5.74, 6) is -0.448. The van der Waals surface area contributed by atoms with E-state index in [1.165, 1.54) is 6.92 Å². The van der Waals surface area contributed by atoms with Crippen LogP contribution < -0.4 is 10.6 Å². The van der Waals surface area contributed by atoms with Gasteiger partial charge >= 0.3 is 0 Å². The number of anilines is 2. The van der Waals surface area contributed by atoms with Crippen molar-refractivity contribution >= 4 is 23.2 Å². The molecule has 8 heteroatoms. The minimum absolute atomic E-state index is 0.144. The molecule has 8 nitrogen and oxygen atoms in total. The summed E-state index contributed by atoms with van der Waals surface area (Å²) in [5, 5.41) is 13.7. The second-order valence-corrected chi connectivity index (χ2v) is 5.14. The summed E-state index contributed by atoms with van der Waals surface area (Å²) in [6.45, 7) is 1.88. The Balaban J connectivity index is 1.62. The lowest BCUT2D eigenvalue weighted by Crippen LogP contribution is -2.15. The summed E-state index contributed by atoms with van der Waals surface area (Å²) in [7, 11) is 0. The van der Waals surface area contributed by atoms with Gasteiger partial charge in [0.15, 0.2) is 5.69 Å². The lowest BCUT2D eigenvalue weighted by Gasteiger charge is -2.06. The van der Waals surface area contributed by atoms with Crippen LogP contribution in [0.5, 0.6) is 0 Å². The fraction of sp³-hybridized carbons (Fsp3) is 0.125. The Morgan fingerprint density at radius 2 is 1.71 bits per heavy atom. The molecule has 0 unspecified atom stereocenters. The van der Waals surface area contributed by atoms with E-state index in [4.69, 9.17) is 0 Å². The molecule has 2 N–H and O–H groups in total. The van der Waals surface area contributed by atoms with Crippen molar-refractivity contribution in [3.63, 3.8) is 0 Å². The molecule has 0 aliphatic rings. The van der Waals surface area contributed by atoms with Crippen LogP contribution in [0.15, 0.2) is 55.0 Å². The lowest BCUT2D eigenvalue weighted by atomic mass is 10.2. The normalized spacial score (nSPS) is 10.4. The summed E-state index contributed by atoms with van der Waals surface area (Å²) >= 11 is 0. The topological polar surface area (TPSA) is 93.8 Å². The van der Waals surface area contributed by atoms with Gasteiger partial charge in [0.2, 0.25) is 5.91 Å². The van der Waals surface area contributed by atoms with Crippen LogP contribution in [0.1, 0.15) is 17.4 Å². The van der Waals surface area contributed by atoms with Gasteiger partial charge in [-0.2, -0.15) is 10.2 Å². The predicted molar refractivity (Wildman–Crippen MR) is 88.6 cm³/mol. The number of hydrogen-bond acceptors (Lipinski definition) is 4. The average Bonchev–Trinajstić information content (AvgIpc) is 3.21. The molecule has 3 rings (SSSR count). The smallest absolute Gasteiger partial charge is 0.276 e. The van der Waals surface area contributed by atoms with E-state index in [2.05, 4.69) is 20.8 Å². The van der Waals surface area contributed by atoms with E-state index in [0.717, 1.165) is 0 Å². The summed E-state index contributed by atoms with van der Waals surface area (Å²) in [5.41, 5.74) is 1.60. The molecule has 0 aliphatic carbocycles. The maximum absolute atomic E-state index is 12.2. The second kappa shape index (κ2) is 6.78. The van der Waals surface area contributed by atoms with E-state index in [1.807, 2.05) is 12.3 Å². The van der Waals surface area contributed by atoms with Gasteiger partial charge in [-0.1, -0.05) is 0 Å². The molecule has 1 aromatic carbocycles. The van der Waals surface area contributed by atoms with Gasteiger partial charge in [-0.05, 0) is 36.4 Å². The number of carbonyl (C=O) groups is 2. The third kappa shape index (κ3) is 3.86. The average molecular weight is 324 g/mol. The molecule has 0 spiro atoms. The zero-order valence-corrected chi connectivity index (χ0v) is 13.0. The Hall–Kier alpha value is -3.42. The van der Waals surface area contributed by atoms with Crippen LogP contribution in [0.4, 0.5) is 11.4 Å². The van der Waals surface area contributed by atoms with Crippen molar-refractivity contribution in [3.05, 3.63) is 60.7 Å². The van der Waals surface area contributed by atoms with Gasteiger partial charge in [0.1, 0.15) is 6.67 Å². The molecule has 0 saturated carbocycles. The second-order valence-electron chi connectivity index (χ2n) is 5.14. The quantitative estimate of drug-likeness (QED) is 0.748. The van der Waals surface area contributed by atoms with Crippen molar-refractivity contribution in [3.8, 4) is 0 Å². The maximum atomic E-state index is 12.2. The molecule has 2 aromatic heterocycles. The number of hydrogen-bond donors (Lipinski definition) is 2. The minimum atomic E-state index is -0.304. The Labute approximate surface area is 138 Å². The number of amides is 2. The zero-order chi connectivity index (χ0) is 16.9. The standard InChI is InChI=1S/C16H16N6O2/c1-12(23)18-13-3-5-14(6-4-13)19-16(24)15-7-10-22(20-15)11-21-9-2-8-17-21/h2-10H,11H2,1H3,(H,18,23)(H,19,24). The van der Waals surface area contributed by atoms with Crippen molar-refractivity contribution in [2.45, 2.75) is 13.6 Å². The first-order chi connectivity index (χ1) is 11.6. The van der Waals surface area contributed by atoms with Crippen LogP contribution in [-0.4, -0.2) is 31.4 Å². The molecular formula is C16H16N6O2. The highest BCUT2D eigenvalue weighted by Crippen LogP contribution is 2.14. The first-order valence-corrected chi connectivity index (χ1v) is 7.30. The number of aromatic nitrogens is 4. The van der Waals surface area contributed by atoms with Crippen LogP contribution in [0.25, 0.3) is 0 Å². The molecular weight excluding hydrogens is 308 g/mol. The van der Waals surface area contributed by atoms with Crippen molar-refractivity contribution in [2.24, 2.45) is 0 Å². The molecule has 0 radical (unpaired) electrons. The van der Waals surface area contributed by atoms with Crippen LogP contribution in [0.3, 0.4) is 0 Å². The molecule has 2 heterocycles. The monoisotopic (exact) mass is 324 g/mol. The lowest BCUT2D eigenvalue weighted by molar-refractivity contribution is -0.114. The maximum Gasteiger partial charge on any atom is 0.276 e.